The summed E-state index contributed by atoms with van der Waals surface area (Å²) < 4.78 is 4.69. The van der Waals surface area contributed by atoms with Gasteiger partial charge >= 0.3 is 5.97 Å². The fourth-order valence-corrected chi connectivity index (χ4v) is 2.33. The number of para-hydroxylation sites is 1. The van der Waals surface area contributed by atoms with Crippen molar-refractivity contribution in [2.75, 3.05) is 31.8 Å². The molecule has 1 aliphatic heterocycles. The Balaban J connectivity index is 2.14. The molecule has 1 saturated heterocycles. The van der Waals surface area contributed by atoms with E-state index in [9.17, 15) is 9.59 Å². The summed E-state index contributed by atoms with van der Waals surface area (Å²) in [5.41, 5.74) is 7.41. The first kappa shape index (κ1) is 14.2. The number of benzene rings is 1. The number of likely N-dealkylation sites (tertiary alicyclic amines) is 1. The minimum absolute atomic E-state index is 0.132. The second-order valence-corrected chi connectivity index (χ2v) is 4.91. The summed E-state index contributed by atoms with van der Waals surface area (Å²) in [6.07, 6.45) is 1.27. The maximum absolute atomic E-state index is 11.6. The number of nitrogens with zero attached hydrogens (tertiary/aromatic N) is 1. The number of nitrogens with one attached hydrogen (secondary N) is 1. The van der Waals surface area contributed by atoms with Crippen LogP contribution in [-0.2, 0) is 9.53 Å². The second kappa shape index (κ2) is 5.81. The minimum atomic E-state index is -0.456. The van der Waals surface area contributed by atoms with Crippen LogP contribution in [-0.4, -0.2) is 43.5 Å². The molecule has 1 atom stereocenters. The smallest absolute Gasteiger partial charge is 0.340 e. The van der Waals surface area contributed by atoms with Crippen molar-refractivity contribution in [3.63, 3.8) is 0 Å². The van der Waals surface area contributed by atoms with E-state index in [1.54, 1.807) is 24.1 Å². The summed E-state index contributed by atoms with van der Waals surface area (Å²) in [5, 5.41) is 3.29. The van der Waals surface area contributed by atoms with Crippen LogP contribution in [0.15, 0.2) is 18.2 Å². The van der Waals surface area contributed by atoms with Crippen molar-refractivity contribution in [1.82, 2.24) is 4.90 Å². The van der Waals surface area contributed by atoms with Gasteiger partial charge in [-0.05, 0) is 18.6 Å². The average Bonchev–Trinajstić information content (AvgIpc) is 2.44. The van der Waals surface area contributed by atoms with E-state index >= 15 is 0 Å². The fourth-order valence-electron chi connectivity index (χ4n) is 2.33. The SMILES string of the molecule is COC(=O)c1cccc(NC2CCC(=O)N(C)C2)c1N. The Kier molecular flexibility index (Phi) is 4.12. The molecule has 0 aromatic heterocycles. The number of nitrogen functional groups attached to an aromatic ring is 1. The molecule has 1 aromatic rings. The number of rotatable bonds is 3. The zero-order valence-corrected chi connectivity index (χ0v) is 11.7. The van der Waals surface area contributed by atoms with Crippen LogP contribution in [0.4, 0.5) is 11.4 Å². The first-order chi connectivity index (χ1) is 9.52. The number of methoxy groups -OCH3 is 1. The number of ether oxygens (including phenoxy) is 1. The van der Waals surface area contributed by atoms with Crippen molar-refractivity contribution in [2.24, 2.45) is 0 Å². The van der Waals surface area contributed by atoms with Crippen molar-refractivity contribution >= 4 is 23.3 Å². The lowest BCUT2D eigenvalue weighted by atomic mass is 10.0. The third-order valence-corrected chi connectivity index (χ3v) is 3.50. The van der Waals surface area contributed by atoms with Crippen molar-refractivity contribution in [3.05, 3.63) is 23.8 Å². The summed E-state index contributed by atoms with van der Waals surface area (Å²) in [5.74, 6) is -0.304. The number of carbonyl (C=O) groups excluding carboxylic acids is 2. The van der Waals surface area contributed by atoms with Gasteiger partial charge in [-0.15, -0.1) is 0 Å². The zero-order chi connectivity index (χ0) is 14.7. The highest BCUT2D eigenvalue weighted by Crippen LogP contribution is 2.25. The predicted molar refractivity (Wildman–Crippen MR) is 76.5 cm³/mol. The molecule has 0 aliphatic carbocycles. The van der Waals surface area contributed by atoms with Gasteiger partial charge in [0.2, 0.25) is 5.91 Å². The number of carbonyl (C=O) groups is 2. The molecule has 0 radical (unpaired) electrons. The fraction of sp³-hybridized carbons (Fsp3) is 0.429. The highest BCUT2D eigenvalue weighted by molar-refractivity contribution is 5.98. The number of hydrogen-bond acceptors (Lipinski definition) is 5. The van der Waals surface area contributed by atoms with E-state index in [1.807, 2.05) is 6.07 Å². The Morgan fingerprint density at radius 1 is 1.50 bits per heavy atom. The van der Waals surface area contributed by atoms with Gasteiger partial charge < -0.3 is 20.7 Å². The molecule has 3 N–H and O–H groups in total. The summed E-state index contributed by atoms with van der Waals surface area (Å²) >= 11 is 0. The Morgan fingerprint density at radius 2 is 2.25 bits per heavy atom. The van der Waals surface area contributed by atoms with Crippen LogP contribution in [0.5, 0.6) is 0 Å². The molecular formula is C14H19N3O3. The van der Waals surface area contributed by atoms with Crippen LogP contribution in [0, 0.1) is 0 Å². The van der Waals surface area contributed by atoms with Crippen molar-refractivity contribution in [2.45, 2.75) is 18.9 Å². The molecule has 1 amide bonds. The molecule has 2 rings (SSSR count). The maximum Gasteiger partial charge on any atom is 0.340 e. The van der Waals surface area contributed by atoms with Gasteiger partial charge in [0.1, 0.15) is 0 Å². The Morgan fingerprint density at radius 3 is 2.90 bits per heavy atom. The lowest BCUT2D eigenvalue weighted by Gasteiger charge is -2.31. The predicted octanol–water partition coefficient (Wildman–Crippen LogP) is 1.09. The van der Waals surface area contributed by atoms with Gasteiger partial charge in [0.05, 0.1) is 24.0 Å². The highest BCUT2D eigenvalue weighted by Gasteiger charge is 2.23. The molecule has 6 heteroatoms. The Labute approximate surface area is 117 Å². The number of piperidine rings is 1. The molecule has 1 aromatic carbocycles. The molecule has 1 fully saturated rings. The number of amides is 1. The van der Waals surface area contributed by atoms with Crippen LogP contribution < -0.4 is 11.1 Å². The van der Waals surface area contributed by atoms with Gasteiger partial charge in [0.15, 0.2) is 0 Å². The van der Waals surface area contributed by atoms with Gasteiger partial charge in [0.25, 0.3) is 0 Å². The van der Waals surface area contributed by atoms with Gasteiger partial charge in [-0.2, -0.15) is 0 Å². The Bertz CT molecular complexity index is 530. The van der Waals surface area contributed by atoms with Gasteiger partial charge in [-0.25, -0.2) is 4.79 Å². The van der Waals surface area contributed by atoms with Crippen LogP contribution >= 0.6 is 0 Å². The summed E-state index contributed by atoms with van der Waals surface area (Å²) in [4.78, 5) is 24.7. The summed E-state index contributed by atoms with van der Waals surface area (Å²) in [6.45, 7) is 0.626. The van der Waals surface area contributed by atoms with Crippen molar-refractivity contribution in [1.29, 1.82) is 0 Å². The standard InChI is InChI=1S/C14H19N3O3/c1-17-8-9(6-7-12(17)18)16-11-5-3-4-10(13(11)15)14(19)20-2/h3-5,9,16H,6-8,15H2,1-2H3. The lowest BCUT2D eigenvalue weighted by Crippen LogP contribution is -2.43. The monoisotopic (exact) mass is 277 g/mol. The van der Waals surface area contributed by atoms with E-state index in [2.05, 4.69) is 5.32 Å². The molecule has 0 saturated carbocycles. The van der Waals surface area contributed by atoms with E-state index in [-0.39, 0.29) is 11.9 Å². The molecule has 1 heterocycles. The van der Waals surface area contributed by atoms with Crippen molar-refractivity contribution < 1.29 is 14.3 Å². The van der Waals surface area contributed by atoms with E-state index in [1.165, 1.54) is 7.11 Å². The van der Waals surface area contributed by atoms with Crippen LogP contribution in [0.2, 0.25) is 0 Å². The highest BCUT2D eigenvalue weighted by atomic mass is 16.5. The van der Waals surface area contributed by atoms with E-state index in [0.29, 0.717) is 29.9 Å². The van der Waals surface area contributed by atoms with Gasteiger partial charge in [-0.1, -0.05) is 6.07 Å². The van der Waals surface area contributed by atoms with Crippen LogP contribution in [0.1, 0.15) is 23.2 Å². The van der Waals surface area contributed by atoms with Gasteiger partial charge in [0, 0.05) is 26.1 Å². The number of esters is 1. The van der Waals surface area contributed by atoms with E-state index in [0.717, 1.165) is 6.42 Å². The van der Waals surface area contributed by atoms with Gasteiger partial charge in [-0.3, -0.25) is 4.79 Å². The topological polar surface area (TPSA) is 84.7 Å². The van der Waals surface area contributed by atoms with Crippen molar-refractivity contribution in [3.8, 4) is 0 Å². The number of hydrogen-bond donors (Lipinski definition) is 2. The van der Waals surface area contributed by atoms with Crippen LogP contribution in [0.3, 0.4) is 0 Å². The van der Waals surface area contributed by atoms with E-state index < -0.39 is 5.97 Å². The molecule has 108 valence electrons. The average molecular weight is 277 g/mol. The Hall–Kier alpha value is -2.24. The third-order valence-electron chi connectivity index (χ3n) is 3.50. The lowest BCUT2D eigenvalue weighted by molar-refractivity contribution is -0.132. The normalized spacial score (nSPS) is 18.8. The number of likely N-dealkylation sites (N-methyl/N-ethyl adjacent to an activating group) is 1. The zero-order valence-electron chi connectivity index (χ0n) is 11.7. The van der Waals surface area contributed by atoms with Crippen LogP contribution in [0.25, 0.3) is 0 Å². The molecule has 20 heavy (non-hydrogen) atoms. The first-order valence-electron chi connectivity index (χ1n) is 6.50. The number of anilines is 2. The third kappa shape index (κ3) is 2.84. The molecule has 1 aliphatic rings. The molecular weight excluding hydrogens is 258 g/mol. The first-order valence-corrected chi connectivity index (χ1v) is 6.50. The number of nitrogens with two attached hydrogens (primary N) is 1. The van der Waals surface area contributed by atoms with E-state index in [4.69, 9.17) is 10.5 Å². The minimum Gasteiger partial charge on any atom is -0.465 e. The second-order valence-electron chi connectivity index (χ2n) is 4.91. The molecule has 1 unspecified atom stereocenters. The summed E-state index contributed by atoms with van der Waals surface area (Å²) in [6, 6.07) is 5.33. The largest absolute Gasteiger partial charge is 0.465 e. The quantitative estimate of drug-likeness (QED) is 0.638. The molecule has 0 spiro atoms. The molecule has 0 bridgehead atoms. The maximum atomic E-state index is 11.6. The molecule has 6 nitrogen and oxygen atoms in total. The summed E-state index contributed by atoms with van der Waals surface area (Å²) in [7, 11) is 3.11.